The third kappa shape index (κ3) is 7.39. The molecule has 0 spiro atoms. The maximum Gasteiger partial charge on any atom is 0.243 e. The van der Waals surface area contributed by atoms with E-state index in [1.165, 1.54) is 37.6 Å². The lowest BCUT2D eigenvalue weighted by Crippen LogP contribution is -2.30. The van der Waals surface area contributed by atoms with Crippen molar-refractivity contribution >= 4 is 80.4 Å². The number of thiol groups is 2. The molecular weight excluding hydrogens is 637 g/mol. The van der Waals surface area contributed by atoms with Crippen LogP contribution in [0.15, 0.2) is 89.7 Å². The number of carbonyl (C=O) groups is 1. The highest BCUT2D eigenvalue weighted by molar-refractivity contribution is 7.89. The second-order valence-electron chi connectivity index (χ2n) is 9.54. The third-order valence-corrected chi connectivity index (χ3v) is 9.31. The van der Waals surface area contributed by atoms with E-state index in [9.17, 15) is 18.3 Å². The number of sulfonamides is 1. The topological polar surface area (TPSA) is 155 Å². The van der Waals surface area contributed by atoms with Crippen molar-refractivity contribution in [1.82, 2.24) is 4.31 Å². The van der Waals surface area contributed by atoms with Crippen molar-refractivity contribution in [3.63, 3.8) is 0 Å². The van der Waals surface area contributed by atoms with E-state index in [1.54, 1.807) is 56.3 Å². The standard InChI is InChI=1S/C30H32N6O6S3/c1-6-36(7-2)45(39,40)21-10-8-19(9-11-21)32-33-22-15-26(42-5)23(16-25(22)41-4)34-35-29-27(44)13-18-12-20(43)14-24(31-17(3)37)28(18)30(29)38/h8-16,38,43-44H,6-7H2,1-5H3,(H,31,37)/b33-32+,35-34+. The molecular formula is C30H32N6O6S3. The highest BCUT2D eigenvalue weighted by atomic mass is 32.2. The number of phenols is 1. The van der Waals surface area contributed by atoms with Crippen LogP contribution < -0.4 is 14.8 Å². The summed E-state index contributed by atoms with van der Waals surface area (Å²) in [6.45, 7) is 5.67. The van der Waals surface area contributed by atoms with Gasteiger partial charge in [-0.1, -0.05) is 13.8 Å². The van der Waals surface area contributed by atoms with Crippen LogP contribution >= 0.6 is 25.3 Å². The van der Waals surface area contributed by atoms with Gasteiger partial charge >= 0.3 is 0 Å². The second kappa shape index (κ2) is 14.3. The Balaban J connectivity index is 1.68. The number of azo groups is 2. The molecule has 2 N–H and O–H groups in total. The maximum absolute atomic E-state index is 12.8. The number of nitrogens with zero attached hydrogens (tertiary/aromatic N) is 5. The first kappa shape index (κ1) is 33.7. The molecule has 0 radical (unpaired) electrons. The number of ether oxygens (including phenoxy) is 2. The summed E-state index contributed by atoms with van der Waals surface area (Å²) in [4.78, 5) is 12.9. The largest absolute Gasteiger partial charge is 0.505 e. The maximum atomic E-state index is 12.8. The molecule has 4 rings (SSSR count). The number of carbonyl (C=O) groups excluding carboxylic acids is 1. The van der Waals surface area contributed by atoms with Crippen LogP contribution in [0.3, 0.4) is 0 Å². The summed E-state index contributed by atoms with van der Waals surface area (Å²) < 4.78 is 37.9. The monoisotopic (exact) mass is 668 g/mol. The fourth-order valence-electron chi connectivity index (χ4n) is 4.50. The lowest BCUT2D eigenvalue weighted by molar-refractivity contribution is -0.114. The van der Waals surface area contributed by atoms with Gasteiger partial charge in [-0.05, 0) is 47.9 Å². The predicted octanol–water partition coefficient (Wildman–Crippen LogP) is 7.96. The van der Waals surface area contributed by atoms with Gasteiger partial charge in [0, 0.05) is 47.3 Å². The van der Waals surface area contributed by atoms with Crippen LogP contribution in [0.25, 0.3) is 10.8 Å². The van der Waals surface area contributed by atoms with Crippen LogP contribution in [-0.4, -0.2) is 51.0 Å². The van der Waals surface area contributed by atoms with Gasteiger partial charge in [-0.2, -0.15) is 9.42 Å². The van der Waals surface area contributed by atoms with E-state index in [-0.39, 0.29) is 33.7 Å². The summed E-state index contributed by atoms with van der Waals surface area (Å²) >= 11 is 8.88. The summed E-state index contributed by atoms with van der Waals surface area (Å²) in [6.07, 6.45) is 0. The average Bonchev–Trinajstić information content (AvgIpc) is 2.99. The fraction of sp³-hybridized carbons (Fsp3) is 0.233. The number of fused-ring (bicyclic) bond motifs is 1. The van der Waals surface area contributed by atoms with E-state index >= 15 is 0 Å². The highest BCUT2D eigenvalue weighted by Gasteiger charge is 2.21. The van der Waals surface area contributed by atoms with Crippen molar-refractivity contribution in [3.05, 3.63) is 54.6 Å². The molecule has 0 aliphatic heterocycles. The molecule has 12 nitrogen and oxygen atoms in total. The fourth-order valence-corrected chi connectivity index (χ4v) is 6.52. The van der Waals surface area contributed by atoms with E-state index in [4.69, 9.17) is 9.47 Å². The van der Waals surface area contributed by atoms with Gasteiger partial charge in [0.15, 0.2) is 5.75 Å². The molecule has 1 amide bonds. The molecule has 0 fully saturated rings. The number of amides is 1. The molecule has 0 saturated heterocycles. The summed E-state index contributed by atoms with van der Waals surface area (Å²) in [5, 5.41) is 31.9. The molecule has 0 aromatic heterocycles. The average molecular weight is 669 g/mol. The Morgan fingerprint density at radius 1 is 0.889 bits per heavy atom. The van der Waals surface area contributed by atoms with E-state index in [0.29, 0.717) is 56.5 Å². The molecule has 0 aliphatic rings. The Morgan fingerprint density at radius 3 is 2.00 bits per heavy atom. The Kier molecular flexibility index (Phi) is 10.7. The lowest BCUT2D eigenvalue weighted by Gasteiger charge is -2.18. The van der Waals surface area contributed by atoms with Gasteiger partial charge in [0.1, 0.15) is 28.6 Å². The zero-order valence-electron chi connectivity index (χ0n) is 25.1. The molecule has 0 unspecified atom stereocenters. The van der Waals surface area contributed by atoms with Gasteiger partial charge in [0.05, 0.1) is 30.5 Å². The molecule has 15 heteroatoms. The summed E-state index contributed by atoms with van der Waals surface area (Å²) in [5.74, 6) is 0.0406. The molecule has 0 bridgehead atoms. The van der Waals surface area contributed by atoms with E-state index in [1.807, 2.05) is 0 Å². The van der Waals surface area contributed by atoms with Crippen molar-refractivity contribution < 1.29 is 27.8 Å². The first-order valence-electron chi connectivity index (χ1n) is 13.6. The van der Waals surface area contributed by atoms with Crippen LogP contribution in [0.2, 0.25) is 0 Å². The quantitative estimate of drug-likeness (QED) is 0.0939. The smallest absolute Gasteiger partial charge is 0.243 e. The number of rotatable bonds is 11. The molecule has 45 heavy (non-hydrogen) atoms. The Bertz CT molecular complexity index is 1910. The van der Waals surface area contributed by atoms with Gasteiger partial charge in [-0.15, -0.1) is 40.6 Å². The van der Waals surface area contributed by atoms with Crippen molar-refractivity contribution in [1.29, 1.82) is 0 Å². The number of phenolic OH excluding ortho intramolecular Hbond substituents is 1. The third-order valence-electron chi connectivity index (χ3n) is 6.65. The van der Waals surface area contributed by atoms with E-state index in [2.05, 4.69) is 51.0 Å². The van der Waals surface area contributed by atoms with Crippen molar-refractivity contribution in [2.24, 2.45) is 20.5 Å². The van der Waals surface area contributed by atoms with Crippen LogP contribution in [-0.2, 0) is 14.8 Å². The summed E-state index contributed by atoms with van der Waals surface area (Å²) in [6, 6.07) is 14.2. The number of anilines is 1. The number of nitrogens with one attached hydrogen (secondary N) is 1. The minimum absolute atomic E-state index is 0.0700. The first-order chi connectivity index (χ1) is 21.4. The minimum atomic E-state index is -3.60. The molecule has 4 aromatic carbocycles. The molecule has 0 aliphatic carbocycles. The SMILES string of the molecule is CCN(CC)S(=O)(=O)c1ccc(/N=N/c2cc(OC)c(/N=N/c3c(S)cc4cc(S)cc(NC(C)=O)c4c3O)cc2OC)cc1. The zero-order valence-corrected chi connectivity index (χ0v) is 27.7. The van der Waals surface area contributed by atoms with Crippen molar-refractivity contribution in [2.45, 2.75) is 35.5 Å². The summed E-state index contributed by atoms with van der Waals surface area (Å²) in [5.41, 5.74) is 1.44. The molecule has 236 valence electrons. The minimum Gasteiger partial charge on any atom is -0.505 e. The molecule has 0 atom stereocenters. The zero-order chi connectivity index (χ0) is 32.9. The van der Waals surface area contributed by atoms with Gasteiger partial charge in [-0.3, -0.25) is 4.79 Å². The normalized spacial score (nSPS) is 12.0. The van der Waals surface area contributed by atoms with Crippen LogP contribution in [0.5, 0.6) is 17.2 Å². The number of aromatic hydroxyl groups is 1. The highest BCUT2D eigenvalue weighted by Crippen LogP contribution is 2.46. The van der Waals surface area contributed by atoms with Crippen LogP contribution in [0.4, 0.5) is 28.4 Å². The van der Waals surface area contributed by atoms with Gasteiger partial charge in [0.25, 0.3) is 0 Å². The van der Waals surface area contributed by atoms with Crippen LogP contribution in [0.1, 0.15) is 20.8 Å². The molecule has 0 saturated carbocycles. The lowest BCUT2D eigenvalue weighted by atomic mass is 10.1. The van der Waals surface area contributed by atoms with Crippen molar-refractivity contribution in [2.75, 3.05) is 32.6 Å². The molecule has 4 aromatic rings. The van der Waals surface area contributed by atoms with Gasteiger partial charge < -0.3 is 19.9 Å². The predicted molar refractivity (Wildman–Crippen MR) is 179 cm³/mol. The Hall–Kier alpha value is -4.18. The Labute approximate surface area is 272 Å². The number of hydrogen-bond donors (Lipinski definition) is 4. The van der Waals surface area contributed by atoms with E-state index in [0.717, 1.165) is 0 Å². The Morgan fingerprint density at radius 2 is 1.47 bits per heavy atom. The van der Waals surface area contributed by atoms with Crippen molar-refractivity contribution in [3.8, 4) is 17.2 Å². The van der Waals surface area contributed by atoms with Crippen LogP contribution in [0, 0.1) is 0 Å². The number of benzene rings is 4. The molecule has 0 heterocycles. The van der Waals surface area contributed by atoms with Gasteiger partial charge in [0.2, 0.25) is 15.9 Å². The second-order valence-corrected chi connectivity index (χ2v) is 12.5. The first-order valence-corrected chi connectivity index (χ1v) is 16.0. The summed E-state index contributed by atoms with van der Waals surface area (Å²) in [7, 11) is -0.695. The van der Waals surface area contributed by atoms with E-state index < -0.39 is 10.0 Å². The number of hydrogen-bond acceptors (Lipinski definition) is 12. The van der Waals surface area contributed by atoms with Gasteiger partial charge in [-0.25, -0.2) is 8.42 Å². The number of methoxy groups -OCH3 is 2.